The topological polar surface area (TPSA) is 6.48 Å². The van der Waals surface area contributed by atoms with Crippen molar-refractivity contribution < 1.29 is 0 Å². The number of rotatable bonds is 3. The van der Waals surface area contributed by atoms with Crippen molar-refractivity contribution >= 4 is 11.6 Å². The van der Waals surface area contributed by atoms with E-state index in [-0.39, 0.29) is 0 Å². The fourth-order valence-corrected chi connectivity index (χ4v) is 2.00. The average molecular weight is 205 g/mol. The molecule has 0 N–H and O–H groups in total. The molecule has 2 atom stereocenters. The second-order valence-corrected chi connectivity index (χ2v) is 4.67. The van der Waals surface area contributed by atoms with Crippen LogP contribution in [0.15, 0.2) is 0 Å². The fourth-order valence-electron chi connectivity index (χ4n) is 1.90. The highest BCUT2D eigenvalue weighted by atomic mass is 35.5. The maximum absolute atomic E-state index is 5.81. The molecule has 1 heterocycles. The first-order valence-electron chi connectivity index (χ1n) is 5.12. The minimum Gasteiger partial charge on any atom is -0.304 e. The lowest BCUT2D eigenvalue weighted by Gasteiger charge is -2.39. The summed E-state index contributed by atoms with van der Waals surface area (Å²) in [6.07, 6.45) is 0. The second kappa shape index (κ2) is 5.18. The maximum atomic E-state index is 5.81. The number of alkyl halides is 1. The molecule has 1 aliphatic rings. The molecule has 0 aromatic rings. The minimum absolute atomic E-state index is 0.618. The lowest BCUT2D eigenvalue weighted by molar-refractivity contribution is 0.0900. The average Bonchev–Trinajstić information content (AvgIpc) is 2.09. The molecule has 0 saturated carbocycles. The molecular weight excluding hydrogens is 184 g/mol. The van der Waals surface area contributed by atoms with Gasteiger partial charge < -0.3 is 4.90 Å². The molecule has 1 saturated heterocycles. The van der Waals surface area contributed by atoms with Gasteiger partial charge in [0.2, 0.25) is 0 Å². The first-order valence-corrected chi connectivity index (χ1v) is 5.65. The highest BCUT2D eigenvalue weighted by Gasteiger charge is 2.22. The van der Waals surface area contributed by atoms with Gasteiger partial charge in [-0.3, -0.25) is 4.90 Å². The monoisotopic (exact) mass is 204 g/mol. The van der Waals surface area contributed by atoms with Crippen molar-refractivity contribution in [1.82, 2.24) is 9.80 Å². The standard InChI is InChI=1S/C10H21ClN2/c1-9(6-11)7-13-5-4-12(3)8-10(13)2/h9-10H,4-8H2,1-3H3. The number of hydrogen-bond donors (Lipinski definition) is 0. The number of halogens is 1. The molecule has 3 heteroatoms. The number of likely N-dealkylation sites (N-methyl/N-ethyl adjacent to an activating group) is 1. The third kappa shape index (κ3) is 3.45. The molecule has 0 aromatic carbocycles. The van der Waals surface area contributed by atoms with Crippen LogP contribution in [-0.4, -0.2) is 54.9 Å². The molecule has 0 spiro atoms. The molecule has 1 aliphatic heterocycles. The summed E-state index contributed by atoms with van der Waals surface area (Å²) < 4.78 is 0. The number of nitrogens with zero attached hydrogens (tertiary/aromatic N) is 2. The highest BCUT2D eigenvalue weighted by molar-refractivity contribution is 6.18. The van der Waals surface area contributed by atoms with Crippen molar-refractivity contribution in [3.63, 3.8) is 0 Å². The summed E-state index contributed by atoms with van der Waals surface area (Å²) in [5, 5.41) is 0. The van der Waals surface area contributed by atoms with Crippen molar-refractivity contribution in [2.24, 2.45) is 5.92 Å². The SMILES string of the molecule is CC(CCl)CN1CCN(C)CC1C. The Morgan fingerprint density at radius 3 is 2.69 bits per heavy atom. The normalized spacial score (nSPS) is 29.1. The highest BCUT2D eigenvalue weighted by Crippen LogP contribution is 2.11. The molecule has 2 nitrogen and oxygen atoms in total. The van der Waals surface area contributed by atoms with Crippen LogP contribution >= 0.6 is 11.6 Å². The molecule has 0 radical (unpaired) electrons. The Labute approximate surface area is 86.8 Å². The van der Waals surface area contributed by atoms with Crippen LogP contribution in [0, 0.1) is 5.92 Å². The van der Waals surface area contributed by atoms with E-state index in [1.165, 1.54) is 19.6 Å². The van der Waals surface area contributed by atoms with Crippen LogP contribution in [0.3, 0.4) is 0 Å². The Balaban J connectivity index is 2.33. The predicted molar refractivity (Wildman–Crippen MR) is 58.4 cm³/mol. The lowest BCUT2D eigenvalue weighted by Crippen LogP contribution is -2.51. The summed E-state index contributed by atoms with van der Waals surface area (Å²) >= 11 is 5.81. The third-order valence-electron chi connectivity index (χ3n) is 2.78. The Kier molecular flexibility index (Phi) is 4.50. The van der Waals surface area contributed by atoms with Crippen molar-refractivity contribution in [2.75, 3.05) is 39.1 Å². The number of hydrogen-bond acceptors (Lipinski definition) is 2. The van der Waals surface area contributed by atoms with Crippen LogP contribution in [0.25, 0.3) is 0 Å². The van der Waals surface area contributed by atoms with Crippen molar-refractivity contribution in [3.05, 3.63) is 0 Å². The van der Waals surface area contributed by atoms with Crippen molar-refractivity contribution in [3.8, 4) is 0 Å². The number of piperazine rings is 1. The molecular formula is C10H21ClN2. The molecule has 0 aliphatic carbocycles. The lowest BCUT2D eigenvalue weighted by atomic mass is 10.1. The Morgan fingerprint density at radius 2 is 2.15 bits per heavy atom. The van der Waals surface area contributed by atoms with E-state index in [1.807, 2.05) is 0 Å². The Hall–Kier alpha value is 0.210. The molecule has 78 valence electrons. The summed E-state index contributed by atoms with van der Waals surface area (Å²) in [4.78, 5) is 4.94. The third-order valence-corrected chi connectivity index (χ3v) is 3.30. The fraction of sp³-hybridized carbons (Fsp3) is 1.00. The largest absolute Gasteiger partial charge is 0.304 e. The maximum Gasteiger partial charge on any atom is 0.0261 e. The Morgan fingerprint density at radius 1 is 1.46 bits per heavy atom. The van der Waals surface area contributed by atoms with Gasteiger partial charge >= 0.3 is 0 Å². The van der Waals surface area contributed by atoms with Gasteiger partial charge in [-0.2, -0.15) is 0 Å². The van der Waals surface area contributed by atoms with Crippen molar-refractivity contribution in [2.45, 2.75) is 19.9 Å². The summed E-state index contributed by atoms with van der Waals surface area (Å²) in [7, 11) is 2.19. The molecule has 2 unspecified atom stereocenters. The van der Waals surface area contributed by atoms with E-state index in [4.69, 9.17) is 11.6 Å². The zero-order chi connectivity index (χ0) is 9.84. The van der Waals surface area contributed by atoms with Gasteiger partial charge in [-0.1, -0.05) is 6.92 Å². The van der Waals surface area contributed by atoms with Gasteiger partial charge in [0.25, 0.3) is 0 Å². The smallest absolute Gasteiger partial charge is 0.0261 e. The summed E-state index contributed by atoms with van der Waals surface area (Å²) in [5.74, 6) is 1.39. The van der Waals surface area contributed by atoms with Gasteiger partial charge in [0.15, 0.2) is 0 Å². The zero-order valence-electron chi connectivity index (χ0n) is 8.96. The van der Waals surface area contributed by atoms with Gasteiger partial charge in [0.1, 0.15) is 0 Å². The van der Waals surface area contributed by atoms with Crippen LogP contribution in [0.1, 0.15) is 13.8 Å². The van der Waals surface area contributed by atoms with Crippen LogP contribution < -0.4 is 0 Å². The van der Waals surface area contributed by atoms with E-state index in [2.05, 4.69) is 30.7 Å². The van der Waals surface area contributed by atoms with E-state index in [9.17, 15) is 0 Å². The van der Waals surface area contributed by atoms with Gasteiger partial charge in [0.05, 0.1) is 0 Å². The first-order chi connectivity index (χ1) is 6.13. The molecule has 1 rings (SSSR count). The van der Waals surface area contributed by atoms with Gasteiger partial charge in [-0.15, -0.1) is 11.6 Å². The van der Waals surface area contributed by atoms with Crippen LogP contribution in [0.4, 0.5) is 0 Å². The summed E-state index contributed by atoms with van der Waals surface area (Å²) in [6, 6.07) is 0.685. The molecule has 0 bridgehead atoms. The van der Waals surface area contributed by atoms with Crippen LogP contribution in [-0.2, 0) is 0 Å². The van der Waals surface area contributed by atoms with Crippen LogP contribution in [0.5, 0.6) is 0 Å². The van der Waals surface area contributed by atoms with E-state index in [0.717, 1.165) is 12.4 Å². The predicted octanol–water partition coefficient (Wildman–Crippen LogP) is 1.50. The first kappa shape index (κ1) is 11.3. The summed E-state index contributed by atoms with van der Waals surface area (Å²) in [5.41, 5.74) is 0. The van der Waals surface area contributed by atoms with E-state index < -0.39 is 0 Å². The molecule has 0 amide bonds. The van der Waals surface area contributed by atoms with Gasteiger partial charge in [0, 0.05) is 38.1 Å². The molecule has 1 fully saturated rings. The molecule has 13 heavy (non-hydrogen) atoms. The van der Waals surface area contributed by atoms with Crippen LogP contribution in [0.2, 0.25) is 0 Å². The van der Waals surface area contributed by atoms with E-state index in [1.54, 1.807) is 0 Å². The van der Waals surface area contributed by atoms with Gasteiger partial charge in [-0.25, -0.2) is 0 Å². The minimum atomic E-state index is 0.618. The van der Waals surface area contributed by atoms with Gasteiger partial charge in [-0.05, 0) is 19.9 Å². The quantitative estimate of drug-likeness (QED) is 0.643. The van der Waals surface area contributed by atoms with Crippen molar-refractivity contribution in [1.29, 1.82) is 0 Å². The molecule has 0 aromatic heterocycles. The second-order valence-electron chi connectivity index (χ2n) is 4.37. The summed E-state index contributed by atoms with van der Waals surface area (Å²) in [6.45, 7) is 9.25. The van der Waals surface area contributed by atoms with E-state index >= 15 is 0 Å². The Bertz CT molecular complexity index is 152. The zero-order valence-corrected chi connectivity index (χ0v) is 9.72. The van der Waals surface area contributed by atoms with E-state index in [0.29, 0.717) is 12.0 Å².